The van der Waals surface area contributed by atoms with Gasteiger partial charge in [0.25, 0.3) is 0 Å². The molecule has 0 aromatic rings. The highest BCUT2D eigenvalue weighted by Crippen LogP contribution is 2.33. The molecule has 1 fully saturated rings. The first kappa shape index (κ1) is 12.1. The van der Waals surface area contributed by atoms with E-state index in [-0.39, 0.29) is 25.6 Å². The Hall–Kier alpha value is -0.940. The van der Waals surface area contributed by atoms with Gasteiger partial charge in [-0.15, -0.1) is 0 Å². The Morgan fingerprint density at radius 2 is 2.07 bits per heavy atom. The van der Waals surface area contributed by atoms with Gasteiger partial charge in [0.2, 0.25) is 0 Å². The van der Waals surface area contributed by atoms with E-state index in [1.54, 1.807) is 13.8 Å². The van der Waals surface area contributed by atoms with Crippen LogP contribution in [0.1, 0.15) is 20.3 Å². The number of halogens is 3. The molecule has 0 aromatic carbocycles. The summed E-state index contributed by atoms with van der Waals surface area (Å²) in [4.78, 5) is 12.4. The zero-order valence-electron chi connectivity index (χ0n) is 8.67. The van der Waals surface area contributed by atoms with Gasteiger partial charge in [-0.1, -0.05) is 0 Å². The maximum atomic E-state index is 12.3. The van der Waals surface area contributed by atoms with Crippen molar-refractivity contribution in [2.24, 2.45) is 5.92 Å². The van der Waals surface area contributed by atoms with Gasteiger partial charge in [0, 0.05) is 13.1 Å². The average molecular weight is 225 g/mol. The van der Waals surface area contributed by atoms with E-state index in [1.165, 1.54) is 0 Å². The Bertz CT molecular complexity index is 240. The van der Waals surface area contributed by atoms with E-state index in [0.29, 0.717) is 0 Å². The molecule has 6 heteroatoms. The molecule has 0 bridgehead atoms. The molecule has 1 rings (SSSR count). The van der Waals surface area contributed by atoms with Gasteiger partial charge < -0.3 is 9.64 Å². The molecule has 0 aliphatic carbocycles. The summed E-state index contributed by atoms with van der Waals surface area (Å²) in [5.41, 5.74) is 0. The molecule has 1 atom stereocenters. The zero-order chi connectivity index (χ0) is 11.6. The summed E-state index contributed by atoms with van der Waals surface area (Å²) in [6.45, 7) is 3.16. The fourth-order valence-electron chi connectivity index (χ4n) is 1.47. The Labute approximate surface area is 86.2 Å². The van der Waals surface area contributed by atoms with E-state index in [1.807, 2.05) is 0 Å². The van der Waals surface area contributed by atoms with Gasteiger partial charge in [-0.25, -0.2) is 4.79 Å². The van der Waals surface area contributed by atoms with E-state index >= 15 is 0 Å². The van der Waals surface area contributed by atoms with Crippen LogP contribution in [0.5, 0.6) is 0 Å². The highest BCUT2D eigenvalue weighted by Gasteiger charge is 2.45. The molecule has 0 radical (unpaired) electrons. The molecule has 1 amide bonds. The molecular weight excluding hydrogens is 211 g/mol. The van der Waals surface area contributed by atoms with Gasteiger partial charge in [0.15, 0.2) is 0 Å². The lowest BCUT2D eigenvalue weighted by atomic mass is 10.1. The Morgan fingerprint density at radius 3 is 2.47 bits per heavy atom. The van der Waals surface area contributed by atoms with Gasteiger partial charge in [-0.05, 0) is 20.3 Å². The van der Waals surface area contributed by atoms with E-state index < -0.39 is 18.2 Å². The second-order valence-corrected chi connectivity index (χ2v) is 3.91. The standard InChI is InChI=1S/C9H14F3NO2/c1-6(2)15-8(14)13-4-3-7(5-13)9(10,11)12/h6-7H,3-5H2,1-2H3/t7-/m0/s1. The number of rotatable bonds is 1. The number of likely N-dealkylation sites (tertiary alicyclic amines) is 1. The van der Waals surface area contributed by atoms with Crippen LogP contribution >= 0.6 is 0 Å². The molecule has 15 heavy (non-hydrogen) atoms. The Morgan fingerprint density at radius 1 is 1.47 bits per heavy atom. The van der Waals surface area contributed by atoms with Crippen molar-refractivity contribution in [2.45, 2.75) is 32.5 Å². The number of hydrogen-bond donors (Lipinski definition) is 0. The molecule has 0 N–H and O–H groups in total. The topological polar surface area (TPSA) is 29.5 Å². The number of amides is 1. The predicted octanol–water partition coefficient (Wildman–Crippen LogP) is 2.42. The molecule has 0 saturated carbocycles. The molecule has 3 nitrogen and oxygen atoms in total. The summed E-state index contributed by atoms with van der Waals surface area (Å²) in [5.74, 6) is -1.41. The first-order chi connectivity index (χ1) is 6.80. The quantitative estimate of drug-likeness (QED) is 0.685. The molecule has 0 aromatic heterocycles. The summed E-state index contributed by atoms with van der Waals surface area (Å²) in [7, 11) is 0. The van der Waals surface area contributed by atoms with E-state index in [4.69, 9.17) is 4.74 Å². The lowest BCUT2D eigenvalue weighted by molar-refractivity contribution is -0.170. The van der Waals surface area contributed by atoms with Crippen LogP contribution in [-0.4, -0.2) is 36.4 Å². The SMILES string of the molecule is CC(C)OC(=O)N1CC[C@H](C(F)(F)F)C1. The molecule has 1 aliphatic rings. The van der Waals surface area contributed by atoms with Gasteiger partial charge >= 0.3 is 12.3 Å². The minimum absolute atomic E-state index is 0.0311. The van der Waals surface area contributed by atoms with Crippen molar-refractivity contribution in [3.05, 3.63) is 0 Å². The highest BCUT2D eigenvalue weighted by atomic mass is 19.4. The van der Waals surface area contributed by atoms with Crippen molar-refractivity contribution in [3.63, 3.8) is 0 Å². The van der Waals surface area contributed by atoms with Crippen molar-refractivity contribution in [1.29, 1.82) is 0 Å². The second kappa shape index (κ2) is 4.28. The molecule has 0 unspecified atom stereocenters. The lowest BCUT2D eigenvalue weighted by Crippen LogP contribution is -2.33. The molecule has 1 heterocycles. The van der Waals surface area contributed by atoms with E-state index in [0.717, 1.165) is 4.90 Å². The summed E-state index contributed by atoms with van der Waals surface area (Å²) in [6.07, 6.45) is -5.21. The minimum atomic E-state index is -4.22. The van der Waals surface area contributed by atoms with Crippen molar-refractivity contribution in [2.75, 3.05) is 13.1 Å². The van der Waals surface area contributed by atoms with Gasteiger partial charge in [-0.3, -0.25) is 0 Å². The van der Waals surface area contributed by atoms with Crippen LogP contribution in [0.3, 0.4) is 0 Å². The monoisotopic (exact) mass is 225 g/mol. The molecule has 1 saturated heterocycles. The average Bonchev–Trinajstić information content (AvgIpc) is 2.48. The van der Waals surface area contributed by atoms with Gasteiger partial charge in [0.1, 0.15) is 0 Å². The van der Waals surface area contributed by atoms with Crippen LogP contribution < -0.4 is 0 Å². The number of alkyl halides is 3. The summed E-state index contributed by atoms with van der Waals surface area (Å²) < 4.78 is 41.7. The summed E-state index contributed by atoms with van der Waals surface area (Å²) >= 11 is 0. The Kier molecular flexibility index (Phi) is 3.46. The van der Waals surface area contributed by atoms with Crippen molar-refractivity contribution in [3.8, 4) is 0 Å². The summed E-state index contributed by atoms with van der Waals surface area (Å²) in [5, 5.41) is 0. The molecular formula is C9H14F3NO2. The normalized spacial score (nSPS) is 22.3. The summed E-state index contributed by atoms with van der Waals surface area (Å²) in [6, 6.07) is 0. The minimum Gasteiger partial charge on any atom is -0.447 e. The smallest absolute Gasteiger partial charge is 0.410 e. The third-order valence-electron chi connectivity index (χ3n) is 2.25. The lowest BCUT2D eigenvalue weighted by Gasteiger charge is -2.18. The van der Waals surface area contributed by atoms with Crippen molar-refractivity contribution in [1.82, 2.24) is 4.90 Å². The fourth-order valence-corrected chi connectivity index (χ4v) is 1.47. The number of hydrogen-bond acceptors (Lipinski definition) is 2. The third-order valence-corrected chi connectivity index (χ3v) is 2.25. The van der Waals surface area contributed by atoms with Crippen LogP contribution in [0.2, 0.25) is 0 Å². The van der Waals surface area contributed by atoms with Crippen LogP contribution in [0.4, 0.5) is 18.0 Å². The van der Waals surface area contributed by atoms with Crippen molar-refractivity contribution < 1.29 is 22.7 Å². The molecule has 0 spiro atoms. The number of carbonyl (C=O) groups is 1. The first-order valence-corrected chi connectivity index (χ1v) is 4.83. The fraction of sp³-hybridized carbons (Fsp3) is 0.889. The van der Waals surface area contributed by atoms with Gasteiger partial charge in [0.05, 0.1) is 12.0 Å². The van der Waals surface area contributed by atoms with E-state index in [2.05, 4.69) is 0 Å². The predicted molar refractivity (Wildman–Crippen MR) is 47.4 cm³/mol. The van der Waals surface area contributed by atoms with Crippen LogP contribution in [0.25, 0.3) is 0 Å². The van der Waals surface area contributed by atoms with Crippen LogP contribution in [0, 0.1) is 5.92 Å². The third kappa shape index (κ3) is 3.28. The van der Waals surface area contributed by atoms with Crippen LogP contribution in [-0.2, 0) is 4.74 Å². The maximum absolute atomic E-state index is 12.3. The largest absolute Gasteiger partial charge is 0.447 e. The number of carbonyl (C=O) groups excluding carboxylic acids is 1. The zero-order valence-corrected chi connectivity index (χ0v) is 8.67. The van der Waals surface area contributed by atoms with E-state index in [9.17, 15) is 18.0 Å². The molecule has 88 valence electrons. The second-order valence-electron chi connectivity index (χ2n) is 3.91. The number of ether oxygens (including phenoxy) is 1. The first-order valence-electron chi connectivity index (χ1n) is 4.83. The highest BCUT2D eigenvalue weighted by molar-refractivity contribution is 5.68. The Balaban J connectivity index is 2.46. The number of nitrogens with zero attached hydrogens (tertiary/aromatic N) is 1. The van der Waals surface area contributed by atoms with Crippen LogP contribution in [0.15, 0.2) is 0 Å². The maximum Gasteiger partial charge on any atom is 0.410 e. The molecule has 1 aliphatic heterocycles. The van der Waals surface area contributed by atoms with Crippen molar-refractivity contribution >= 4 is 6.09 Å². The van der Waals surface area contributed by atoms with Gasteiger partial charge in [-0.2, -0.15) is 13.2 Å².